The minimum atomic E-state index is 0.550. The lowest BCUT2D eigenvalue weighted by Crippen LogP contribution is -2.30. The van der Waals surface area contributed by atoms with E-state index in [1.807, 2.05) is 18.2 Å². The number of aromatic nitrogens is 2. The zero-order chi connectivity index (χ0) is 19.9. The molecule has 0 atom stereocenters. The number of nitrogens with zero attached hydrogens (tertiary/aromatic N) is 4. The number of benzene rings is 1. The molecule has 0 bridgehead atoms. The van der Waals surface area contributed by atoms with Crippen molar-refractivity contribution in [3.05, 3.63) is 42.0 Å². The van der Waals surface area contributed by atoms with Gasteiger partial charge in [0.05, 0.1) is 0 Å². The highest BCUT2D eigenvalue weighted by atomic mass is 32.1. The Morgan fingerprint density at radius 3 is 1.97 bits per heavy atom. The summed E-state index contributed by atoms with van der Waals surface area (Å²) in [6.45, 7) is 4.93. The molecule has 6 nitrogen and oxygen atoms in total. The molecule has 2 aromatic rings. The Kier molecular flexibility index (Phi) is 6.77. The highest BCUT2D eigenvalue weighted by Crippen LogP contribution is 2.26. The first-order chi connectivity index (χ1) is 14.3. The lowest BCUT2D eigenvalue weighted by Gasteiger charge is -2.25. The van der Waals surface area contributed by atoms with Crippen molar-refractivity contribution < 1.29 is 0 Å². The molecule has 0 unspecified atom stereocenters. The van der Waals surface area contributed by atoms with E-state index in [2.05, 4.69) is 38.6 Å². The molecule has 2 saturated heterocycles. The van der Waals surface area contributed by atoms with Gasteiger partial charge in [0.25, 0.3) is 0 Å². The summed E-state index contributed by atoms with van der Waals surface area (Å²) >= 11 is 5.51. The molecule has 154 valence electrons. The lowest BCUT2D eigenvalue weighted by molar-refractivity contribution is 0.726. The first-order valence-corrected chi connectivity index (χ1v) is 11.2. The van der Waals surface area contributed by atoms with E-state index in [1.165, 1.54) is 44.1 Å². The molecule has 1 aromatic carbocycles. The van der Waals surface area contributed by atoms with E-state index in [0.29, 0.717) is 17.6 Å². The Hall–Kier alpha value is -2.41. The van der Waals surface area contributed by atoms with Crippen molar-refractivity contribution in [1.82, 2.24) is 15.3 Å². The SMILES string of the molecule is S=C(NCc1ccccc1)Nc1nc(N2CCCCCC2)cc(N2CCCC2)n1. The van der Waals surface area contributed by atoms with Crippen molar-refractivity contribution in [1.29, 1.82) is 0 Å². The molecule has 0 radical (unpaired) electrons. The van der Waals surface area contributed by atoms with Gasteiger partial charge in [-0.3, -0.25) is 0 Å². The van der Waals surface area contributed by atoms with E-state index in [1.54, 1.807) is 0 Å². The van der Waals surface area contributed by atoms with Gasteiger partial charge in [-0.25, -0.2) is 0 Å². The van der Waals surface area contributed by atoms with Crippen LogP contribution in [0.1, 0.15) is 44.1 Å². The van der Waals surface area contributed by atoms with Gasteiger partial charge < -0.3 is 20.4 Å². The molecular weight excluding hydrogens is 380 g/mol. The van der Waals surface area contributed by atoms with Crippen LogP contribution in [0.15, 0.2) is 36.4 Å². The summed E-state index contributed by atoms with van der Waals surface area (Å²) in [7, 11) is 0. The molecule has 2 aliphatic heterocycles. The monoisotopic (exact) mass is 410 g/mol. The van der Waals surface area contributed by atoms with E-state index < -0.39 is 0 Å². The second-order valence-electron chi connectivity index (χ2n) is 7.80. The molecular formula is C22H30N6S. The third-order valence-corrected chi connectivity index (χ3v) is 5.83. The van der Waals surface area contributed by atoms with Crippen molar-refractivity contribution in [2.45, 2.75) is 45.1 Å². The van der Waals surface area contributed by atoms with E-state index in [0.717, 1.165) is 37.8 Å². The van der Waals surface area contributed by atoms with E-state index in [4.69, 9.17) is 22.2 Å². The second kappa shape index (κ2) is 9.87. The van der Waals surface area contributed by atoms with Crippen molar-refractivity contribution >= 4 is 34.9 Å². The van der Waals surface area contributed by atoms with Crippen LogP contribution in [0.25, 0.3) is 0 Å². The second-order valence-corrected chi connectivity index (χ2v) is 8.20. The fourth-order valence-electron chi connectivity index (χ4n) is 3.97. The number of hydrogen-bond donors (Lipinski definition) is 2. The Morgan fingerprint density at radius 2 is 1.38 bits per heavy atom. The molecule has 3 heterocycles. The molecule has 1 aromatic heterocycles. The van der Waals surface area contributed by atoms with E-state index in [9.17, 15) is 0 Å². The van der Waals surface area contributed by atoms with Crippen molar-refractivity contribution in [3.63, 3.8) is 0 Å². The average molecular weight is 411 g/mol. The summed E-state index contributed by atoms with van der Waals surface area (Å²) in [5.41, 5.74) is 1.19. The largest absolute Gasteiger partial charge is 0.358 e. The van der Waals surface area contributed by atoms with Gasteiger partial charge in [-0.1, -0.05) is 43.2 Å². The van der Waals surface area contributed by atoms with Crippen LogP contribution in [0.5, 0.6) is 0 Å². The molecule has 2 aliphatic rings. The Morgan fingerprint density at radius 1 is 0.828 bits per heavy atom. The van der Waals surface area contributed by atoms with Crippen LogP contribution < -0.4 is 20.4 Å². The number of rotatable bonds is 5. The van der Waals surface area contributed by atoms with Crippen LogP contribution in [0, 0.1) is 0 Å². The normalized spacial score (nSPS) is 17.1. The van der Waals surface area contributed by atoms with Gasteiger partial charge in [-0.05, 0) is 43.5 Å². The predicted molar refractivity (Wildman–Crippen MR) is 124 cm³/mol. The minimum Gasteiger partial charge on any atom is -0.358 e. The highest BCUT2D eigenvalue weighted by Gasteiger charge is 2.19. The van der Waals surface area contributed by atoms with Crippen LogP contribution in [-0.4, -0.2) is 41.3 Å². The summed E-state index contributed by atoms with van der Waals surface area (Å²) in [5, 5.41) is 7.02. The fourth-order valence-corrected chi connectivity index (χ4v) is 4.14. The first kappa shape index (κ1) is 19.9. The number of nitrogens with one attached hydrogen (secondary N) is 2. The van der Waals surface area contributed by atoms with Gasteiger partial charge in [-0.15, -0.1) is 0 Å². The van der Waals surface area contributed by atoms with Gasteiger partial charge in [-0.2, -0.15) is 9.97 Å². The van der Waals surface area contributed by atoms with Crippen LogP contribution in [0.3, 0.4) is 0 Å². The van der Waals surface area contributed by atoms with Gasteiger partial charge in [0.15, 0.2) is 5.11 Å². The van der Waals surface area contributed by atoms with Crippen molar-refractivity contribution in [2.24, 2.45) is 0 Å². The van der Waals surface area contributed by atoms with E-state index >= 15 is 0 Å². The zero-order valence-corrected chi connectivity index (χ0v) is 17.8. The number of anilines is 3. The summed E-state index contributed by atoms with van der Waals surface area (Å²) < 4.78 is 0. The van der Waals surface area contributed by atoms with Crippen molar-refractivity contribution in [2.75, 3.05) is 41.3 Å². The third-order valence-electron chi connectivity index (χ3n) is 5.58. The summed E-state index contributed by atoms with van der Waals surface area (Å²) in [4.78, 5) is 14.4. The predicted octanol–water partition coefficient (Wildman–Crippen LogP) is 3.94. The summed E-state index contributed by atoms with van der Waals surface area (Å²) in [5.74, 6) is 2.60. The Bertz CT molecular complexity index is 798. The average Bonchev–Trinajstić information content (AvgIpc) is 3.15. The molecule has 2 fully saturated rings. The van der Waals surface area contributed by atoms with Crippen molar-refractivity contribution in [3.8, 4) is 0 Å². The molecule has 29 heavy (non-hydrogen) atoms. The molecule has 0 aliphatic carbocycles. The Labute approximate surface area is 178 Å². The first-order valence-electron chi connectivity index (χ1n) is 10.8. The standard InChI is InChI=1S/C22H30N6S/c29-22(23-17-18-10-4-3-5-11-18)26-21-24-19(27-12-6-1-2-7-13-27)16-20(25-21)28-14-8-9-15-28/h3-5,10-11,16H,1-2,6-9,12-15,17H2,(H2,23,24,25,26,29). The highest BCUT2D eigenvalue weighted by molar-refractivity contribution is 7.80. The molecule has 0 saturated carbocycles. The van der Waals surface area contributed by atoms with Gasteiger partial charge in [0.1, 0.15) is 11.6 Å². The maximum absolute atomic E-state index is 5.51. The van der Waals surface area contributed by atoms with Crippen LogP contribution >= 0.6 is 12.2 Å². The van der Waals surface area contributed by atoms with Crippen LogP contribution in [-0.2, 0) is 6.54 Å². The maximum atomic E-state index is 5.51. The van der Waals surface area contributed by atoms with Crippen LogP contribution in [0.4, 0.5) is 17.6 Å². The smallest absolute Gasteiger partial charge is 0.232 e. The summed E-state index contributed by atoms with van der Waals surface area (Å²) in [6, 6.07) is 12.4. The fraction of sp³-hybridized carbons (Fsp3) is 0.500. The van der Waals surface area contributed by atoms with Crippen LogP contribution in [0.2, 0.25) is 0 Å². The molecule has 2 N–H and O–H groups in total. The minimum absolute atomic E-state index is 0.550. The molecule has 0 amide bonds. The quantitative estimate of drug-likeness (QED) is 0.724. The maximum Gasteiger partial charge on any atom is 0.232 e. The van der Waals surface area contributed by atoms with Gasteiger partial charge >= 0.3 is 0 Å². The topological polar surface area (TPSA) is 56.3 Å². The number of hydrogen-bond acceptors (Lipinski definition) is 5. The van der Waals surface area contributed by atoms with Gasteiger partial charge in [0, 0.05) is 38.8 Å². The molecule has 4 rings (SSSR count). The lowest BCUT2D eigenvalue weighted by atomic mass is 10.2. The zero-order valence-electron chi connectivity index (χ0n) is 16.9. The number of thiocarbonyl (C=S) groups is 1. The van der Waals surface area contributed by atoms with Gasteiger partial charge in [0.2, 0.25) is 5.95 Å². The molecule has 7 heteroatoms. The Balaban J connectivity index is 1.48. The molecule has 0 spiro atoms. The van der Waals surface area contributed by atoms with E-state index in [-0.39, 0.29) is 0 Å². The third kappa shape index (κ3) is 5.56. The summed E-state index contributed by atoms with van der Waals surface area (Å²) in [6.07, 6.45) is 7.51.